The molecule has 0 aliphatic carbocycles. The number of amides is 1. The fourth-order valence-electron chi connectivity index (χ4n) is 5.29. The lowest BCUT2D eigenvalue weighted by Gasteiger charge is -2.32. The molecule has 1 saturated heterocycles. The second kappa shape index (κ2) is 8.82. The molecule has 7 nitrogen and oxygen atoms in total. The number of hydrogen-bond donors (Lipinski definition) is 1. The van der Waals surface area contributed by atoms with E-state index >= 15 is 0 Å². The van der Waals surface area contributed by atoms with Gasteiger partial charge in [0.1, 0.15) is 17.8 Å². The van der Waals surface area contributed by atoms with Crippen molar-refractivity contribution >= 4 is 28.3 Å². The molecular formula is C27H23F2N5O2. The van der Waals surface area contributed by atoms with Crippen LogP contribution >= 0.6 is 0 Å². The van der Waals surface area contributed by atoms with Gasteiger partial charge in [-0.2, -0.15) is 0 Å². The van der Waals surface area contributed by atoms with Gasteiger partial charge in [0.15, 0.2) is 11.6 Å². The van der Waals surface area contributed by atoms with Crippen LogP contribution in [0.3, 0.4) is 0 Å². The first-order valence-corrected chi connectivity index (χ1v) is 12.0. The van der Waals surface area contributed by atoms with E-state index in [1.807, 2.05) is 30.3 Å². The Bertz CT molecular complexity index is 1550. The van der Waals surface area contributed by atoms with Gasteiger partial charge in [0, 0.05) is 42.3 Å². The highest BCUT2D eigenvalue weighted by Crippen LogP contribution is 2.33. The first-order chi connectivity index (χ1) is 17.5. The van der Waals surface area contributed by atoms with Crippen LogP contribution in [0.4, 0.5) is 20.3 Å². The molecule has 0 radical (unpaired) electrons. The van der Waals surface area contributed by atoms with Crippen LogP contribution in [-0.2, 0) is 6.42 Å². The summed E-state index contributed by atoms with van der Waals surface area (Å²) < 4.78 is 27.7. The number of fused-ring (bicyclic) bond motifs is 2. The number of carbonyl (C=O) groups excluding carboxylic acids is 1. The summed E-state index contributed by atoms with van der Waals surface area (Å²) >= 11 is 0. The monoisotopic (exact) mass is 487 g/mol. The number of pyridine rings is 1. The molecule has 182 valence electrons. The fraction of sp³-hybridized carbons (Fsp3) is 0.259. The molecule has 9 heteroatoms. The van der Waals surface area contributed by atoms with Crippen LogP contribution in [0.15, 0.2) is 59.7 Å². The molecule has 0 bridgehead atoms. The Morgan fingerprint density at radius 3 is 2.64 bits per heavy atom. The summed E-state index contributed by atoms with van der Waals surface area (Å²) in [6.07, 6.45) is 3.16. The lowest BCUT2D eigenvalue weighted by Crippen LogP contribution is -2.35. The average Bonchev–Trinajstić information content (AvgIpc) is 3.35. The highest BCUT2D eigenvalue weighted by atomic mass is 19.2. The first-order valence-electron chi connectivity index (χ1n) is 12.0. The standard InChI is InChI=1S/C27H23F2N5O2/c28-20-5-6-23-18(25(20)29)9-12-34(23)27(36)22-14-24(31-15-30-22)33-10-7-16(8-11-33)19-13-17-3-1-2-4-21(17)32-26(19)35/h1-6,13-16H,7-12H2,(H,32,35). The number of aromatic nitrogens is 3. The van der Waals surface area contributed by atoms with Crippen LogP contribution in [0.2, 0.25) is 0 Å². The van der Waals surface area contributed by atoms with Crippen molar-refractivity contribution in [3.63, 3.8) is 0 Å². The number of benzene rings is 2. The zero-order valence-corrected chi connectivity index (χ0v) is 19.4. The van der Waals surface area contributed by atoms with Gasteiger partial charge in [0.2, 0.25) is 0 Å². The summed E-state index contributed by atoms with van der Waals surface area (Å²) in [5, 5.41) is 1.01. The van der Waals surface area contributed by atoms with Crippen molar-refractivity contribution in [2.24, 2.45) is 0 Å². The third-order valence-corrected chi connectivity index (χ3v) is 7.21. The molecule has 4 heterocycles. The third-order valence-electron chi connectivity index (χ3n) is 7.21. The third kappa shape index (κ3) is 3.80. The van der Waals surface area contributed by atoms with Gasteiger partial charge in [-0.15, -0.1) is 0 Å². The number of hydrogen-bond acceptors (Lipinski definition) is 5. The number of piperidine rings is 1. The molecule has 0 atom stereocenters. The number of para-hydroxylation sites is 1. The number of carbonyl (C=O) groups is 1. The van der Waals surface area contributed by atoms with E-state index in [0.717, 1.165) is 35.4 Å². The summed E-state index contributed by atoms with van der Waals surface area (Å²) in [6, 6.07) is 13.8. The number of nitrogens with one attached hydrogen (secondary N) is 1. The van der Waals surface area contributed by atoms with Crippen molar-refractivity contribution in [1.82, 2.24) is 15.0 Å². The molecule has 4 aromatic rings. The maximum atomic E-state index is 14.1. The number of halogens is 2. The SMILES string of the molecule is O=C(c1cc(N2CCC(c3cc4ccccc4[nH]c3=O)CC2)ncn1)N1CCc2c1ccc(F)c2F. The minimum Gasteiger partial charge on any atom is -0.356 e. The Labute approximate surface area is 205 Å². The summed E-state index contributed by atoms with van der Waals surface area (Å²) in [5.74, 6) is -1.43. The van der Waals surface area contributed by atoms with Gasteiger partial charge >= 0.3 is 0 Å². The molecule has 6 rings (SSSR count). The average molecular weight is 488 g/mol. The number of H-pyrrole nitrogens is 1. The van der Waals surface area contributed by atoms with Crippen molar-refractivity contribution in [2.45, 2.75) is 25.2 Å². The second-order valence-electron chi connectivity index (χ2n) is 9.23. The number of rotatable bonds is 3. The van der Waals surface area contributed by atoms with Gasteiger partial charge in [0.05, 0.1) is 5.69 Å². The molecule has 1 N–H and O–H groups in total. The largest absolute Gasteiger partial charge is 0.356 e. The molecule has 2 aromatic carbocycles. The predicted octanol–water partition coefficient (Wildman–Crippen LogP) is 4.18. The fourth-order valence-corrected chi connectivity index (χ4v) is 5.29. The Morgan fingerprint density at radius 1 is 1.00 bits per heavy atom. The van der Waals surface area contributed by atoms with E-state index in [-0.39, 0.29) is 41.6 Å². The molecular weight excluding hydrogens is 464 g/mol. The smallest absolute Gasteiger partial charge is 0.277 e. The van der Waals surface area contributed by atoms with Gasteiger partial charge in [-0.25, -0.2) is 18.7 Å². The van der Waals surface area contributed by atoms with Gasteiger partial charge in [0.25, 0.3) is 11.5 Å². The van der Waals surface area contributed by atoms with E-state index < -0.39 is 11.6 Å². The Morgan fingerprint density at radius 2 is 1.81 bits per heavy atom. The molecule has 0 spiro atoms. The van der Waals surface area contributed by atoms with E-state index in [2.05, 4.69) is 19.9 Å². The number of aromatic amines is 1. The molecule has 1 fully saturated rings. The Balaban J connectivity index is 1.19. The molecule has 2 aromatic heterocycles. The lowest BCUT2D eigenvalue weighted by atomic mass is 9.89. The number of anilines is 2. The molecule has 0 unspecified atom stereocenters. The normalized spacial score (nSPS) is 15.9. The van der Waals surface area contributed by atoms with Gasteiger partial charge in [-0.1, -0.05) is 18.2 Å². The van der Waals surface area contributed by atoms with Crippen LogP contribution in [-0.4, -0.2) is 40.5 Å². The van der Waals surface area contributed by atoms with E-state index in [0.29, 0.717) is 24.6 Å². The topological polar surface area (TPSA) is 82.2 Å². The summed E-state index contributed by atoms with van der Waals surface area (Å²) in [7, 11) is 0. The van der Waals surface area contributed by atoms with Crippen molar-refractivity contribution in [3.8, 4) is 0 Å². The quantitative estimate of drug-likeness (QED) is 0.469. The minimum absolute atomic E-state index is 0.0516. The van der Waals surface area contributed by atoms with Gasteiger partial charge < -0.3 is 14.8 Å². The van der Waals surface area contributed by atoms with Crippen LogP contribution in [0.5, 0.6) is 0 Å². The zero-order valence-electron chi connectivity index (χ0n) is 19.4. The maximum absolute atomic E-state index is 14.1. The zero-order chi connectivity index (χ0) is 24.8. The van der Waals surface area contributed by atoms with Gasteiger partial charge in [-0.05, 0) is 54.8 Å². The molecule has 2 aliphatic heterocycles. The highest BCUT2D eigenvalue weighted by Gasteiger charge is 2.31. The summed E-state index contributed by atoms with van der Waals surface area (Å²) in [6.45, 7) is 1.62. The molecule has 0 saturated carbocycles. The van der Waals surface area contributed by atoms with Crippen LogP contribution in [0.25, 0.3) is 10.9 Å². The minimum atomic E-state index is -0.915. The Kier molecular flexibility index (Phi) is 5.47. The van der Waals surface area contributed by atoms with Crippen LogP contribution in [0.1, 0.15) is 40.4 Å². The molecule has 36 heavy (non-hydrogen) atoms. The predicted molar refractivity (Wildman–Crippen MR) is 133 cm³/mol. The summed E-state index contributed by atoms with van der Waals surface area (Å²) in [5.41, 5.74) is 2.36. The van der Waals surface area contributed by atoms with E-state index in [9.17, 15) is 18.4 Å². The summed E-state index contributed by atoms with van der Waals surface area (Å²) in [4.78, 5) is 40.9. The molecule has 1 amide bonds. The lowest BCUT2D eigenvalue weighted by molar-refractivity contribution is 0.0984. The van der Waals surface area contributed by atoms with Crippen molar-refractivity contribution in [1.29, 1.82) is 0 Å². The Hall–Kier alpha value is -4.14. The second-order valence-corrected chi connectivity index (χ2v) is 9.23. The van der Waals surface area contributed by atoms with Crippen molar-refractivity contribution in [3.05, 3.63) is 93.7 Å². The highest BCUT2D eigenvalue weighted by molar-refractivity contribution is 6.06. The van der Waals surface area contributed by atoms with Crippen molar-refractivity contribution in [2.75, 3.05) is 29.4 Å². The van der Waals surface area contributed by atoms with E-state index in [4.69, 9.17) is 0 Å². The number of nitrogens with zero attached hydrogens (tertiary/aromatic N) is 4. The van der Waals surface area contributed by atoms with E-state index in [1.54, 1.807) is 6.07 Å². The van der Waals surface area contributed by atoms with Gasteiger partial charge in [-0.3, -0.25) is 9.59 Å². The first kappa shape index (κ1) is 22.3. The molecule has 2 aliphatic rings. The van der Waals surface area contributed by atoms with Crippen molar-refractivity contribution < 1.29 is 13.6 Å². The van der Waals surface area contributed by atoms with Crippen LogP contribution < -0.4 is 15.4 Å². The maximum Gasteiger partial charge on any atom is 0.277 e. The van der Waals surface area contributed by atoms with E-state index in [1.165, 1.54) is 17.3 Å². The van der Waals surface area contributed by atoms with Crippen LogP contribution in [0, 0.1) is 11.6 Å².